The van der Waals surface area contributed by atoms with Gasteiger partial charge in [0.15, 0.2) is 15.6 Å². The molecule has 0 aliphatic carbocycles. The van der Waals surface area contributed by atoms with E-state index in [1.165, 1.54) is 0 Å². The highest BCUT2D eigenvalue weighted by Crippen LogP contribution is 2.23. The van der Waals surface area contributed by atoms with Gasteiger partial charge in [-0.1, -0.05) is 24.3 Å². The Balaban J connectivity index is 1.85. The van der Waals surface area contributed by atoms with Gasteiger partial charge >= 0.3 is 6.03 Å². The van der Waals surface area contributed by atoms with Gasteiger partial charge in [-0.15, -0.1) is 0 Å². The number of ketones is 1. The third-order valence-electron chi connectivity index (χ3n) is 5.03. The van der Waals surface area contributed by atoms with Crippen molar-refractivity contribution in [1.29, 1.82) is 0 Å². The van der Waals surface area contributed by atoms with Crippen LogP contribution in [-0.4, -0.2) is 63.4 Å². The molecule has 1 aliphatic rings. The predicted molar refractivity (Wildman–Crippen MR) is 115 cm³/mol. The van der Waals surface area contributed by atoms with Crippen LogP contribution in [0.2, 0.25) is 0 Å². The van der Waals surface area contributed by atoms with E-state index in [1.807, 2.05) is 0 Å². The number of hydrogen-bond acceptors (Lipinski definition) is 6. The van der Waals surface area contributed by atoms with Crippen molar-refractivity contribution >= 4 is 27.3 Å². The first-order chi connectivity index (χ1) is 14.3. The van der Waals surface area contributed by atoms with Crippen LogP contribution in [-0.2, 0) is 16.4 Å². The lowest BCUT2D eigenvalue weighted by Gasteiger charge is -2.33. The number of benzene rings is 2. The molecule has 0 bridgehead atoms. The Labute approximate surface area is 176 Å². The van der Waals surface area contributed by atoms with Gasteiger partial charge in [0, 0.05) is 24.3 Å². The number of Topliss-reactive ketones (excluding diaryl/α,β-unsaturated/α-hetero) is 1. The molecule has 160 valence electrons. The topological polar surface area (TPSA) is 110 Å². The molecule has 0 spiro atoms. The average molecular weight is 432 g/mol. The van der Waals surface area contributed by atoms with Crippen LogP contribution in [0.1, 0.15) is 15.9 Å². The highest BCUT2D eigenvalue weighted by atomic mass is 32.2. The Morgan fingerprint density at radius 3 is 2.17 bits per heavy atom. The normalized spacial score (nSPS) is 15.5. The second-order valence-corrected chi connectivity index (χ2v) is 9.33. The van der Waals surface area contributed by atoms with Gasteiger partial charge in [0.2, 0.25) is 0 Å². The lowest BCUT2D eigenvalue weighted by atomic mass is 10.1. The van der Waals surface area contributed by atoms with Crippen molar-refractivity contribution in [2.24, 2.45) is 5.73 Å². The summed E-state index contributed by atoms with van der Waals surface area (Å²) in [7, 11) is -1.53. The smallest absolute Gasteiger partial charge is 0.324 e. The minimum absolute atomic E-state index is 0.0366. The summed E-state index contributed by atoms with van der Waals surface area (Å²) in [6.45, 7) is 0.536. The molecule has 30 heavy (non-hydrogen) atoms. The maximum atomic E-state index is 13.2. The summed E-state index contributed by atoms with van der Waals surface area (Å²) < 4.78 is 28.7. The molecule has 1 saturated heterocycles. The number of carbonyl (C=O) groups excluding carboxylic acids is 2. The van der Waals surface area contributed by atoms with Crippen molar-refractivity contribution in [2.45, 2.75) is 6.54 Å². The number of anilines is 1. The summed E-state index contributed by atoms with van der Waals surface area (Å²) in [6.07, 6.45) is 0. The number of sulfone groups is 1. The SMILES string of the molecule is COc1ccc(N(Cc2ccc(C(=O)CN)cc2)C(=O)N2CCS(=O)(=O)CC2)cc1. The van der Waals surface area contributed by atoms with Gasteiger partial charge < -0.3 is 15.4 Å². The van der Waals surface area contributed by atoms with Crippen molar-refractivity contribution in [3.05, 3.63) is 59.7 Å². The third-order valence-corrected chi connectivity index (χ3v) is 6.64. The van der Waals surface area contributed by atoms with E-state index in [1.54, 1.807) is 65.4 Å². The quantitative estimate of drug-likeness (QED) is 0.697. The molecule has 0 unspecified atom stereocenters. The van der Waals surface area contributed by atoms with Gasteiger partial charge in [0.25, 0.3) is 0 Å². The van der Waals surface area contributed by atoms with Gasteiger partial charge in [-0.3, -0.25) is 9.69 Å². The second-order valence-electron chi connectivity index (χ2n) is 7.03. The molecule has 0 radical (unpaired) electrons. The van der Waals surface area contributed by atoms with Crippen molar-refractivity contribution in [3.8, 4) is 5.75 Å². The molecule has 0 atom stereocenters. The molecule has 3 rings (SSSR count). The Morgan fingerprint density at radius 2 is 1.63 bits per heavy atom. The maximum absolute atomic E-state index is 13.2. The molecule has 2 amide bonds. The molecule has 8 nitrogen and oxygen atoms in total. The number of nitrogens with zero attached hydrogens (tertiary/aromatic N) is 2. The van der Waals surface area contributed by atoms with Gasteiger partial charge in [-0.25, -0.2) is 13.2 Å². The van der Waals surface area contributed by atoms with Crippen molar-refractivity contribution in [1.82, 2.24) is 4.90 Å². The van der Waals surface area contributed by atoms with Crippen LogP contribution >= 0.6 is 0 Å². The van der Waals surface area contributed by atoms with E-state index in [-0.39, 0.29) is 49.5 Å². The lowest BCUT2D eigenvalue weighted by molar-refractivity contribution is 0.100. The third kappa shape index (κ3) is 5.17. The summed E-state index contributed by atoms with van der Waals surface area (Å²) in [6, 6.07) is 13.8. The molecule has 1 aliphatic heterocycles. The second kappa shape index (κ2) is 9.27. The van der Waals surface area contributed by atoms with Crippen LogP contribution in [0.3, 0.4) is 0 Å². The zero-order valence-corrected chi connectivity index (χ0v) is 17.6. The summed E-state index contributed by atoms with van der Waals surface area (Å²) in [5, 5.41) is 0. The largest absolute Gasteiger partial charge is 0.497 e. The number of amides is 2. The van der Waals surface area contributed by atoms with E-state index in [2.05, 4.69) is 0 Å². The van der Waals surface area contributed by atoms with Crippen molar-refractivity contribution in [3.63, 3.8) is 0 Å². The molecule has 1 heterocycles. The van der Waals surface area contributed by atoms with E-state index in [0.717, 1.165) is 5.56 Å². The highest BCUT2D eigenvalue weighted by molar-refractivity contribution is 7.91. The van der Waals surface area contributed by atoms with E-state index in [4.69, 9.17) is 10.5 Å². The first-order valence-corrected chi connectivity index (χ1v) is 11.4. The van der Waals surface area contributed by atoms with E-state index in [9.17, 15) is 18.0 Å². The minimum atomic E-state index is -3.09. The maximum Gasteiger partial charge on any atom is 0.324 e. The monoisotopic (exact) mass is 431 g/mol. The Kier molecular flexibility index (Phi) is 6.73. The van der Waals surface area contributed by atoms with Gasteiger partial charge in [0.05, 0.1) is 31.7 Å². The fourth-order valence-corrected chi connectivity index (χ4v) is 4.40. The number of methoxy groups -OCH3 is 1. The average Bonchev–Trinajstić information content (AvgIpc) is 2.77. The number of ether oxygens (including phenoxy) is 1. The van der Waals surface area contributed by atoms with E-state index >= 15 is 0 Å². The van der Waals surface area contributed by atoms with Gasteiger partial charge in [-0.05, 0) is 29.8 Å². The molecular formula is C21H25N3O5S. The Hall–Kier alpha value is -2.91. The van der Waals surface area contributed by atoms with Crippen LogP contribution in [0, 0.1) is 0 Å². The van der Waals surface area contributed by atoms with Crippen LogP contribution in [0.15, 0.2) is 48.5 Å². The Bertz CT molecular complexity index is 990. The first-order valence-electron chi connectivity index (χ1n) is 9.56. The van der Waals surface area contributed by atoms with Crippen LogP contribution in [0.4, 0.5) is 10.5 Å². The van der Waals surface area contributed by atoms with E-state index < -0.39 is 9.84 Å². The summed E-state index contributed by atoms with van der Waals surface area (Å²) in [5.41, 5.74) is 7.42. The highest BCUT2D eigenvalue weighted by Gasteiger charge is 2.29. The lowest BCUT2D eigenvalue weighted by Crippen LogP contribution is -2.49. The number of carbonyl (C=O) groups is 2. The zero-order chi connectivity index (χ0) is 21.7. The molecule has 2 aromatic rings. The summed E-state index contributed by atoms with van der Waals surface area (Å²) >= 11 is 0. The molecule has 0 aromatic heterocycles. The summed E-state index contributed by atoms with van der Waals surface area (Å²) in [5.74, 6) is 0.440. The number of hydrogen-bond donors (Lipinski definition) is 1. The molecule has 2 aromatic carbocycles. The van der Waals surface area contributed by atoms with Gasteiger partial charge in [-0.2, -0.15) is 0 Å². The van der Waals surface area contributed by atoms with Crippen LogP contribution in [0.5, 0.6) is 5.75 Å². The first kappa shape index (κ1) is 21.8. The predicted octanol–water partition coefficient (Wildman–Crippen LogP) is 1.69. The molecule has 0 saturated carbocycles. The van der Waals surface area contributed by atoms with Crippen molar-refractivity contribution in [2.75, 3.05) is 43.1 Å². The molecule has 9 heteroatoms. The minimum Gasteiger partial charge on any atom is -0.497 e. The van der Waals surface area contributed by atoms with E-state index in [0.29, 0.717) is 17.0 Å². The zero-order valence-electron chi connectivity index (χ0n) is 16.8. The number of rotatable bonds is 6. The fourth-order valence-electron chi connectivity index (χ4n) is 3.20. The van der Waals surface area contributed by atoms with Gasteiger partial charge in [0.1, 0.15) is 5.75 Å². The van der Waals surface area contributed by atoms with Crippen molar-refractivity contribution < 1.29 is 22.7 Å². The van der Waals surface area contributed by atoms with Crippen LogP contribution in [0.25, 0.3) is 0 Å². The molecular weight excluding hydrogens is 406 g/mol. The molecule has 2 N–H and O–H groups in total. The standard InChI is InChI=1S/C21H25N3O5S/c1-29-19-8-6-18(7-9-19)24(21(26)23-10-12-30(27,28)13-11-23)15-16-2-4-17(5-3-16)20(25)14-22/h2-9H,10-15,22H2,1H3. The number of nitrogens with two attached hydrogens (primary N) is 1. The number of urea groups is 1. The van der Waals surface area contributed by atoms with Crippen LogP contribution < -0.4 is 15.4 Å². The summed E-state index contributed by atoms with van der Waals surface area (Å²) in [4.78, 5) is 28.1. The molecule has 1 fully saturated rings. The Morgan fingerprint density at radius 1 is 1.03 bits per heavy atom. The fraction of sp³-hybridized carbons (Fsp3) is 0.333.